The summed E-state index contributed by atoms with van der Waals surface area (Å²) in [7, 11) is 0. The first-order valence-electron chi connectivity index (χ1n) is 4.20. The van der Waals surface area contributed by atoms with Crippen LogP contribution in [0, 0.1) is 0 Å². The maximum absolute atomic E-state index is 10.8. The molecule has 1 rings (SSSR count). The molecule has 3 N–H and O–H groups in total. The number of rotatable bonds is 4. The van der Waals surface area contributed by atoms with Gasteiger partial charge in [-0.3, -0.25) is 4.79 Å². The minimum absolute atomic E-state index is 0.000370. The zero-order valence-corrected chi connectivity index (χ0v) is 8.01. The summed E-state index contributed by atoms with van der Waals surface area (Å²) in [6.07, 6.45) is 0.300. The molecule has 0 unspecified atom stereocenters. The number of hydrogen-bond acceptors (Lipinski definition) is 4. The van der Waals surface area contributed by atoms with E-state index in [2.05, 4.69) is 0 Å². The van der Waals surface area contributed by atoms with Crippen LogP contribution in [0.2, 0.25) is 0 Å². The Kier molecular flexibility index (Phi) is 3.37. The lowest BCUT2D eigenvalue weighted by molar-refractivity contribution is 0.0692. The number of aliphatic hydroxyl groups is 1. The van der Waals surface area contributed by atoms with Crippen LogP contribution in [0.3, 0.4) is 0 Å². The van der Waals surface area contributed by atoms with Crippen molar-refractivity contribution in [3.8, 4) is 0 Å². The Morgan fingerprint density at radius 1 is 1.12 bits per heavy atom. The van der Waals surface area contributed by atoms with E-state index in [9.17, 15) is 14.4 Å². The number of carbonyl (C=O) groups is 3. The molecule has 0 aliphatic heterocycles. The number of carboxylic acids is 2. The quantitative estimate of drug-likeness (QED) is 0.637. The predicted octanol–water partition coefficient (Wildman–Crippen LogP) is 0.388. The lowest BCUT2D eigenvalue weighted by atomic mass is 9.99. The predicted molar refractivity (Wildman–Crippen MR) is 51.7 cm³/mol. The van der Waals surface area contributed by atoms with E-state index in [1.165, 1.54) is 0 Å². The summed E-state index contributed by atoms with van der Waals surface area (Å²) < 4.78 is 0. The molecule has 0 aromatic heterocycles. The number of carbonyl (C=O) groups excluding carboxylic acids is 1. The van der Waals surface area contributed by atoms with Gasteiger partial charge in [-0.15, -0.1) is 0 Å². The second kappa shape index (κ2) is 4.54. The van der Waals surface area contributed by atoms with Crippen molar-refractivity contribution in [3.05, 3.63) is 34.4 Å². The third kappa shape index (κ3) is 2.06. The molecule has 6 nitrogen and oxygen atoms in total. The van der Waals surface area contributed by atoms with E-state index in [-0.39, 0.29) is 16.7 Å². The molecule has 1 aromatic carbocycles. The first kappa shape index (κ1) is 11.9. The Labute approximate surface area is 89.8 Å². The van der Waals surface area contributed by atoms with E-state index < -0.39 is 24.1 Å². The monoisotopic (exact) mass is 224 g/mol. The summed E-state index contributed by atoms with van der Waals surface area (Å²) in [4.78, 5) is 32.1. The fraction of sp³-hybridized carbons (Fsp3) is 0.100. The topological polar surface area (TPSA) is 112 Å². The van der Waals surface area contributed by atoms with Gasteiger partial charge in [0.15, 0.2) is 6.29 Å². The van der Waals surface area contributed by atoms with Crippen LogP contribution in [0.25, 0.3) is 0 Å². The van der Waals surface area contributed by atoms with Gasteiger partial charge in [0.25, 0.3) is 0 Å². The zero-order chi connectivity index (χ0) is 12.3. The van der Waals surface area contributed by atoms with E-state index in [1.807, 2.05) is 0 Å². The molecule has 0 bridgehead atoms. The van der Waals surface area contributed by atoms with Crippen molar-refractivity contribution >= 4 is 18.2 Å². The van der Waals surface area contributed by atoms with Crippen molar-refractivity contribution < 1.29 is 29.7 Å². The van der Waals surface area contributed by atoms with Gasteiger partial charge in [-0.1, -0.05) is 0 Å². The van der Waals surface area contributed by atoms with Gasteiger partial charge in [0.2, 0.25) is 0 Å². The molecule has 6 heteroatoms. The van der Waals surface area contributed by atoms with Gasteiger partial charge >= 0.3 is 11.9 Å². The highest BCUT2D eigenvalue weighted by molar-refractivity contribution is 6.01. The highest BCUT2D eigenvalue weighted by Crippen LogP contribution is 2.16. The second-order valence-corrected chi connectivity index (χ2v) is 2.98. The van der Waals surface area contributed by atoms with Crippen molar-refractivity contribution in [3.63, 3.8) is 0 Å². The summed E-state index contributed by atoms with van der Waals surface area (Å²) in [5.74, 6) is -2.75. The maximum Gasteiger partial charge on any atom is 0.336 e. The molecular formula is C10H8O6. The van der Waals surface area contributed by atoms with E-state index in [0.29, 0.717) is 6.29 Å². The molecule has 0 amide bonds. The van der Waals surface area contributed by atoms with Crippen molar-refractivity contribution in [1.29, 1.82) is 0 Å². The van der Waals surface area contributed by atoms with Gasteiger partial charge in [-0.05, 0) is 17.7 Å². The normalized spacial score (nSPS) is 9.81. The molecule has 0 atom stereocenters. The Balaban J connectivity index is 3.52. The van der Waals surface area contributed by atoms with Gasteiger partial charge in [0.05, 0.1) is 17.7 Å². The van der Waals surface area contributed by atoms with Crippen LogP contribution in [0.1, 0.15) is 36.6 Å². The van der Waals surface area contributed by atoms with Gasteiger partial charge in [-0.25, -0.2) is 9.59 Å². The number of aldehydes is 1. The summed E-state index contributed by atoms with van der Waals surface area (Å²) in [5, 5.41) is 26.4. The van der Waals surface area contributed by atoms with Crippen LogP contribution in [-0.4, -0.2) is 33.5 Å². The smallest absolute Gasteiger partial charge is 0.336 e. The van der Waals surface area contributed by atoms with E-state index in [0.717, 1.165) is 12.1 Å². The minimum atomic E-state index is -1.39. The Morgan fingerprint density at radius 3 is 2.06 bits per heavy atom. The number of hydrogen-bond donors (Lipinski definition) is 3. The molecule has 16 heavy (non-hydrogen) atoms. The molecule has 0 saturated heterocycles. The average Bonchev–Trinajstić information content (AvgIpc) is 2.26. The number of benzene rings is 1. The van der Waals surface area contributed by atoms with E-state index in [4.69, 9.17) is 15.3 Å². The minimum Gasteiger partial charge on any atom is -0.478 e. The fourth-order valence-corrected chi connectivity index (χ4v) is 1.28. The summed E-state index contributed by atoms with van der Waals surface area (Å²) in [5.41, 5.74) is -0.892. The standard InChI is InChI=1S/C10H8O6/c11-3-5-1-6(4-12)8(10(15)16)2-7(5)9(13)14/h1-3,12H,4H2,(H,13,14)(H,15,16). The van der Waals surface area contributed by atoms with Crippen molar-refractivity contribution in [2.24, 2.45) is 0 Å². The second-order valence-electron chi connectivity index (χ2n) is 2.98. The first-order chi connectivity index (χ1) is 7.51. The lowest BCUT2D eigenvalue weighted by Crippen LogP contribution is -2.09. The third-order valence-corrected chi connectivity index (χ3v) is 2.03. The van der Waals surface area contributed by atoms with Crippen molar-refractivity contribution in [2.75, 3.05) is 0 Å². The fourth-order valence-electron chi connectivity index (χ4n) is 1.28. The molecule has 0 heterocycles. The largest absolute Gasteiger partial charge is 0.478 e. The maximum atomic E-state index is 10.8. The van der Waals surface area contributed by atoms with Crippen LogP contribution in [-0.2, 0) is 6.61 Å². The van der Waals surface area contributed by atoms with Gasteiger partial charge < -0.3 is 15.3 Å². The summed E-state index contributed by atoms with van der Waals surface area (Å²) >= 11 is 0. The summed E-state index contributed by atoms with van der Waals surface area (Å²) in [6, 6.07) is 1.92. The number of aromatic carboxylic acids is 2. The molecule has 0 fully saturated rings. The van der Waals surface area contributed by atoms with Gasteiger partial charge in [-0.2, -0.15) is 0 Å². The van der Waals surface area contributed by atoms with Crippen molar-refractivity contribution in [2.45, 2.75) is 6.61 Å². The Hall–Kier alpha value is -2.21. The van der Waals surface area contributed by atoms with Crippen LogP contribution >= 0.6 is 0 Å². The van der Waals surface area contributed by atoms with Crippen LogP contribution in [0.15, 0.2) is 12.1 Å². The van der Waals surface area contributed by atoms with Crippen molar-refractivity contribution in [1.82, 2.24) is 0 Å². The Morgan fingerprint density at radius 2 is 1.69 bits per heavy atom. The molecule has 0 spiro atoms. The lowest BCUT2D eigenvalue weighted by Gasteiger charge is -2.06. The van der Waals surface area contributed by atoms with Gasteiger partial charge in [0.1, 0.15) is 0 Å². The molecule has 0 aliphatic rings. The zero-order valence-electron chi connectivity index (χ0n) is 8.01. The van der Waals surface area contributed by atoms with Gasteiger partial charge in [0, 0.05) is 5.56 Å². The highest BCUT2D eigenvalue weighted by Gasteiger charge is 2.17. The van der Waals surface area contributed by atoms with Crippen LogP contribution in [0.5, 0.6) is 0 Å². The molecule has 1 aromatic rings. The van der Waals surface area contributed by atoms with E-state index >= 15 is 0 Å². The summed E-state index contributed by atoms with van der Waals surface area (Å²) in [6.45, 7) is -0.581. The average molecular weight is 224 g/mol. The Bertz CT molecular complexity index is 463. The molecular weight excluding hydrogens is 216 g/mol. The molecule has 0 aliphatic carbocycles. The number of aliphatic hydroxyl groups excluding tert-OH is 1. The third-order valence-electron chi connectivity index (χ3n) is 2.03. The van der Waals surface area contributed by atoms with E-state index in [1.54, 1.807) is 0 Å². The molecule has 84 valence electrons. The highest BCUT2D eigenvalue weighted by atomic mass is 16.4. The van der Waals surface area contributed by atoms with Crippen LogP contribution < -0.4 is 0 Å². The number of carboxylic acid groups (broad SMARTS) is 2. The molecule has 0 radical (unpaired) electrons. The molecule has 0 saturated carbocycles. The first-order valence-corrected chi connectivity index (χ1v) is 4.20. The SMILES string of the molecule is O=Cc1cc(CO)c(C(=O)O)cc1C(=O)O. The van der Waals surface area contributed by atoms with Crippen LogP contribution in [0.4, 0.5) is 0 Å².